The second-order valence-electron chi connectivity index (χ2n) is 4.28. The van der Waals surface area contributed by atoms with Gasteiger partial charge in [0.05, 0.1) is 0 Å². The molecule has 84 valence electrons. The van der Waals surface area contributed by atoms with Gasteiger partial charge in [0.25, 0.3) is 5.91 Å². The minimum absolute atomic E-state index is 0.113. The fourth-order valence-electron chi connectivity index (χ4n) is 1.61. The Labute approximate surface area is 94.4 Å². The number of fused-ring (bicyclic) bond motifs is 1. The van der Waals surface area contributed by atoms with Gasteiger partial charge in [-0.3, -0.25) is 4.79 Å². The Morgan fingerprint density at radius 2 is 2.06 bits per heavy atom. The van der Waals surface area contributed by atoms with Gasteiger partial charge < -0.3 is 9.73 Å². The summed E-state index contributed by atoms with van der Waals surface area (Å²) in [5.41, 5.74) is 1.91. The van der Waals surface area contributed by atoms with Crippen LogP contribution in [0.15, 0.2) is 28.7 Å². The Morgan fingerprint density at radius 1 is 1.31 bits per heavy atom. The molecule has 0 saturated carbocycles. The van der Waals surface area contributed by atoms with Crippen LogP contribution in [-0.2, 0) is 0 Å². The third-order valence-corrected chi connectivity index (χ3v) is 2.32. The van der Waals surface area contributed by atoms with Gasteiger partial charge in [0.15, 0.2) is 5.76 Å². The molecule has 1 N–H and O–H groups in total. The molecule has 0 fully saturated rings. The maximum Gasteiger partial charge on any atom is 0.287 e. The van der Waals surface area contributed by atoms with Crippen molar-refractivity contribution in [3.63, 3.8) is 0 Å². The van der Waals surface area contributed by atoms with Crippen molar-refractivity contribution in [1.29, 1.82) is 0 Å². The van der Waals surface area contributed by atoms with Crippen molar-refractivity contribution in [3.05, 3.63) is 35.6 Å². The van der Waals surface area contributed by atoms with Gasteiger partial charge in [-0.25, -0.2) is 0 Å². The van der Waals surface area contributed by atoms with Gasteiger partial charge in [-0.15, -0.1) is 0 Å². The average molecular weight is 217 g/mol. The molecule has 0 spiro atoms. The van der Waals surface area contributed by atoms with Crippen LogP contribution in [0.25, 0.3) is 11.0 Å². The lowest BCUT2D eigenvalue weighted by Crippen LogP contribution is -2.29. The van der Waals surface area contributed by atoms with Crippen LogP contribution < -0.4 is 5.32 Å². The molecule has 1 amide bonds. The van der Waals surface area contributed by atoms with E-state index in [1.165, 1.54) is 0 Å². The van der Waals surface area contributed by atoms with Crippen LogP contribution >= 0.6 is 0 Å². The van der Waals surface area contributed by atoms with E-state index in [0.717, 1.165) is 16.5 Å². The smallest absolute Gasteiger partial charge is 0.287 e. The summed E-state index contributed by atoms with van der Waals surface area (Å²) >= 11 is 0. The highest BCUT2D eigenvalue weighted by Crippen LogP contribution is 2.20. The lowest BCUT2D eigenvalue weighted by Gasteiger charge is -2.04. The zero-order valence-corrected chi connectivity index (χ0v) is 9.70. The van der Waals surface area contributed by atoms with E-state index in [0.29, 0.717) is 5.76 Å². The number of amides is 1. The van der Waals surface area contributed by atoms with Gasteiger partial charge in [0.2, 0.25) is 0 Å². The number of nitrogens with one attached hydrogen (secondary N) is 1. The maximum absolute atomic E-state index is 11.7. The molecule has 1 aromatic carbocycles. The first-order valence-electron chi connectivity index (χ1n) is 5.37. The third-order valence-electron chi connectivity index (χ3n) is 2.32. The Bertz CT molecular complexity index is 526. The van der Waals surface area contributed by atoms with E-state index in [-0.39, 0.29) is 11.9 Å². The van der Waals surface area contributed by atoms with Gasteiger partial charge in [-0.1, -0.05) is 11.6 Å². The van der Waals surface area contributed by atoms with Crippen LogP contribution in [0.4, 0.5) is 0 Å². The van der Waals surface area contributed by atoms with Gasteiger partial charge in [-0.2, -0.15) is 0 Å². The van der Waals surface area contributed by atoms with Crippen molar-refractivity contribution in [2.45, 2.75) is 26.8 Å². The number of aryl methyl sites for hydroxylation is 1. The first-order valence-corrected chi connectivity index (χ1v) is 5.37. The number of benzene rings is 1. The van der Waals surface area contributed by atoms with Crippen molar-refractivity contribution in [2.75, 3.05) is 0 Å². The molecular weight excluding hydrogens is 202 g/mol. The van der Waals surface area contributed by atoms with Crippen LogP contribution in [0.5, 0.6) is 0 Å². The van der Waals surface area contributed by atoms with Crippen LogP contribution in [0, 0.1) is 6.92 Å². The lowest BCUT2D eigenvalue weighted by molar-refractivity contribution is 0.0917. The molecule has 16 heavy (non-hydrogen) atoms. The first-order chi connectivity index (χ1) is 7.56. The molecule has 0 radical (unpaired) electrons. The Balaban J connectivity index is 2.36. The van der Waals surface area contributed by atoms with Crippen molar-refractivity contribution < 1.29 is 9.21 Å². The largest absolute Gasteiger partial charge is 0.451 e. The van der Waals surface area contributed by atoms with Crippen molar-refractivity contribution in [3.8, 4) is 0 Å². The molecule has 0 aliphatic heterocycles. The van der Waals surface area contributed by atoms with E-state index in [9.17, 15) is 4.79 Å². The lowest BCUT2D eigenvalue weighted by atomic mass is 10.2. The Morgan fingerprint density at radius 3 is 2.75 bits per heavy atom. The highest BCUT2D eigenvalue weighted by molar-refractivity contribution is 5.96. The first kappa shape index (κ1) is 10.7. The SMILES string of the molecule is Cc1ccc2oc(C(=O)NC(C)C)cc2c1. The maximum atomic E-state index is 11.7. The Hall–Kier alpha value is -1.77. The van der Waals surface area contributed by atoms with Crippen LogP contribution in [0.1, 0.15) is 30.0 Å². The number of rotatable bonds is 2. The second kappa shape index (κ2) is 4.00. The fraction of sp³-hybridized carbons (Fsp3) is 0.308. The van der Waals surface area contributed by atoms with Crippen LogP contribution in [0.2, 0.25) is 0 Å². The molecule has 0 aliphatic rings. The minimum atomic E-state index is -0.163. The van der Waals surface area contributed by atoms with E-state index in [4.69, 9.17) is 4.42 Å². The number of furan rings is 1. The second-order valence-corrected chi connectivity index (χ2v) is 4.28. The molecule has 2 aromatic rings. The summed E-state index contributed by atoms with van der Waals surface area (Å²) in [6, 6.07) is 7.75. The summed E-state index contributed by atoms with van der Waals surface area (Å²) in [6.45, 7) is 5.86. The predicted molar refractivity (Wildman–Crippen MR) is 63.6 cm³/mol. The quantitative estimate of drug-likeness (QED) is 0.840. The molecule has 1 aromatic heterocycles. The topological polar surface area (TPSA) is 42.2 Å². The number of carbonyl (C=O) groups is 1. The summed E-state index contributed by atoms with van der Waals surface area (Å²) in [4.78, 5) is 11.7. The van der Waals surface area contributed by atoms with Gasteiger partial charge in [0.1, 0.15) is 5.58 Å². The zero-order chi connectivity index (χ0) is 11.7. The molecule has 0 bridgehead atoms. The average Bonchev–Trinajstić information content (AvgIpc) is 2.59. The van der Waals surface area contributed by atoms with Gasteiger partial charge in [0, 0.05) is 11.4 Å². The van der Waals surface area contributed by atoms with Crippen LogP contribution in [-0.4, -0.2) is 11.9 Å². The van der Waals surface area contributed by atoms with E-state index < -0.39 is 0 Å². The molecule has 1 heterocycles. The highest BCUT2D eigenvalue weighted by atomic mass is 16.3. The summed E-state index contributed by atoms with van der Waals surface area (Å²) in [5, 5.41) is 3.77. The number of hydrogen-bond donors (Lipinski definition) is 1. The highest BCUT2D eigenvalue weighted by Gasteiger charge is 2.12. The summed E-state index contributed by atoms with van der Waals surface area (Å²) in [7, 11) is 0. The normalized spacial score (nSPS) is 11.0. The summed E-state index contributed by atoms with van der Waals surface area (Å²) in [6.07, 6.45) is 0. The zero-order valence-electron chi connectivity index (χ0n) is 9.70. The summed E-state index contributed by atoms with van der Waals surface area (Å²) in [5.74, 6) is 0.207. The summed E-state index contributed by atoms with van der Waals surface area (Å²) < 4.78 is 5.47. The van der Waals surface area contributed by atoms with E-state index >= 15 is 0 Å². The predicted octanol–water partition coefficient (Wildman–Crippen LogP) is 2.88. The Kier molecular flexibility index (Phi) is 2.69. The van der Waals surface area contributed by atoms with Crippen molar-refractivity contribution >= 4 is 16.9 Å². The van der Waals surface area contributed by atoms with Crippen LogP contribution in [0.3, 0.4) is 0 Å². The molecule has 2 rings (SSSR count). The molecule has 3 heteroatoms. The van der Waals surface area contributed by atoms with E-state index in [2.05, 4.69) is 5.32 Å². The molecule has 0 saturated heterocycles. The molecule has 0 atom stereocenters. The van der Waals surface area contributed by atoms with Gasteiger partial charge in [-0.05, 0) is 39.0 Å². The number of hydrogen-bond acceptors (Lipinski definition) is 2. The molecule has 0 unspecified atom stereocenters. The third kappa shape index (κ3) is 2.08. The number of carbonyl (C=O) groups excluding carboxylic acids is 1. The molecule has 3 nitrogen and oxygen atoms in total. The van der Waals surface area contributed by atoms with E-state index in [1.807, 2.05) is 39.0 Å². The monoisotopic (exact) mass is 217 g/mol. The van der Waals surface area contributed by atoms with E-state index in [1.54, 1.807) is 6.07 Å². The van der Waals surface area contributed by atoms with Gasteiger partial charge >= 0.3 is 0 Å². The minimum Gasteiger partial charge on any atom is -0.451 e. The van der Waals surface area contributed by atoms with Crippen molar-refractivity contribution in [1.82, 2.24) is 5.32 Å². The fourth-order valence-corrected chi connectivity index (χ4v) is 1.61. The molecular formula is C13H15NO2. The van der Waals surface area contributed by atoms with Crippen molar-refractivity contribution in [2.24, 2.45) is 0 Å². The standard InChI is InChI=1S/C13H15NO2/c1-8(2)14-13(15)12-7-10-6-9(3)4-5-11(10)16-12/h4-8H,1-3H3,(H,14,15). The molecule has 0 aliphatic carbocycles.